The smallest absolute Gasteiger partial charge is 0.0554 e. The Hall–Kier alpha value is -6.74. The Labute approximate surface area is 319 Å². The lowest BCUT2D eigenvalue weighted by Gasteiger charge is -2.27. The fraction of sp³-hybridized carbons (Fsp3) is 0. The van der Waals surface area contributed by atoms with E-state index in [1.54, 1.807) is 0 Å². The molecule has 1 aromatic heterocycles. The molecule has 0 fully saturated rings. The zero-order valence-electron chi connectivity index (χ0n) is 29.6. The first-order valence-electron chi connectivity index (χ1n) is 18.4. The van der Waals surface area contributed by atoms with Crippen LogP contribution in [0.15, 0.2) is 212 Å². The molecule has 0 saturated heterocycles. The molecule has 0 atom stereocenters. The summed E-state index contributed by atoms with van der Waals surface area (Å²) in [5.41, 5.74) is 13.2. The molecule has 0 aliphatic carbocycles. The van der Waals surface area contributed by atoms with Crippen LogP contribution >= 0.6 is 11.3 Å². The number of thiophene rings is 1. The number of rotatable bonds is 7. The van der Waals surface area contributed by atoms with E-state index in [2.05, 4.69) is 217 Å². The molecule has 10 rings (SSSR count). The minimum atomic E-state index is 1.12. The van der Waals surface area contributed by atoms with Crippen molar-refractivity contribution >= 4 is 59.3 Å². The van der Waals surface area contributed by atoms with Crippen molar-refractivity contribution in [1.82, 2.24) is 0 Å². The highest BCUT2D eigenvalue weighted by molar-refractivity contribution is 7.26. The summed E-state index contributed by atoms with van der Waals surface area (Å²) in [6.07, 6.45) is 0. The quantitative estimate of drug-likeness (QED) is 0.160. The molecule has 0 bridgehead atoms. The average Bonchev–Trinajstić information content (AvgIpc) is 3.64. The molecule has 0 aliphatic heterocycles. The van der Waals surface area contributed by atoms with Crippen LogP contribution in [-0.2, 0) is 0 Å². The summed E-state index contributed by atoms with van der Waals surface area (Å²) in [4.78, 5) is 2.41. The van der Waals surface area contributed by atoms with Gasteiger partial charge in [0.1, 0.15) is 0 Å². The average molecular weight is 706 g/mol. The second-order valence-electron chi connectivity index (χ2n) is 13.7. The summed E-state index contributed by atoms with van der Waals surface area (Å²) < 4.78 is 2.60. The largest absolute Gasteiger partial charge is 0.310 e. The number of benzene rings is 9. The second-order valence-corrected chi connectivity index (χ2v) is 14.8. The van der Waals surface area contributed by atoms with Gasteiger partial charge in [0, 0.05) is 31.5 Å². The number of nitrogens with zero attached hydrogens (tertiary/aromatic N) is 1. The van der Waals surface area contributed by atoms with Gasteiger partial charge >= 0.3 is 0 Å². The molecule has 10 aromatic rings. The first-order chi connectivity index (χ1) is 26.8. The van der Waals surface area contributed by atoms with Gasteiger partial charge < -0.3 is 4.90 Å². The predicted molar refractivity (Wildman–Crippen MR) is 233 cm³/mol. The maximum atomic E-state index is 2.41. The molecule has 0 spiro atoms. The van der Waals surface area contributed by atoms with E-state index in [0.717, 1.165) is 11.4 Å². The highest BCUT2D eigenvalue weighted by Gasteiger charge is 2.19. The van der Waals surface area contributed by atoms with E-state index in [0.29, 0.717) is 0 Å². The Morgan fingerprint density at radius 1 is 0.315 bits per heavy atom. The van der Waals surface area contributed by atoms with Gasteiger partial charge in [-0.15, -0.1) is 11.3 Å². The summed E-state index contributed by atoms with van der Waals surface area (Å²) in [6.45, 7) is 0. The monoisotopic (exact) mass is 705 g/mol. The van der Waals surface area contributed by atoms with Crippen molar-refractivity contribution in [3.05, 3.63) is 212 Å². The second kappa shape index (κ2) is 13.7. The number of anilines is 3. The fourth-order valence-corrected chi connectivity index (χ4v) is 8.93. The van der Waals surface area contributed by atoms with E-state index < -0.39 is 0 Å². The van der Waals surface area contributed by atoms with Gasteiger partial charge in [-0.25, -0.2) is 0 Å². The minimum absolute atomic E-state index is 1.12. The first kappa shape index (κ1) is 32.0. The highest BCUT2D eigenvalue weighted by Crippen LogP contribution is 2.45. The molecular weight excluding hydrogens is 671 g/mol. The lowest BCUT2D eigenvalue weighted by molar-refractivity contribution is 1.30. The third-order valence-electron chi connectivity index (χ3n) is 10.5. The van der Waals surface area contributed by atoms with E-state index >= 15 is 0 Å². The molecule has 1 nitrogen and oxygen atoms in total. The molecule has 0 amide bonds. The normalized spacial score (nSPS) is 11.3. The van der Waals surface area contributed by atoms with Gasteiger partial charge in [-0.05, 0) is 110 Å². The minimum Gasteiger partial charge on any atom is -0.310 e. The molecule has 254 valence electrons. The molecule has 54 heavy (non-hydrogen) atoms. The molecular formula is C52H35NS. The zero-order chi connectivity index (χ0) is 35.8. The number of hydrogen-bond acceptors (Lipinski definition) is 2. The molecule has 2 heteroatoms. The summed E-state index contributed by atoms with van der Waals surface area (Å²) in [6, 6.07) is 77.1. The van der Waals surface area contributed by atoms with Gasteiger partial charge in [0.15, 0.2) is 0 Å². The van der Waals surface area contributed by atoms with Crippen molar-refractivity contribution in [2.45, 2.75) is 0 Å². The molecule has 0 aliphatic rings. The lowest BCUT2D eigenvalue weighted by Crippen LogP contribution is -2.10. The van der Waals surface area contributed by atoms with E-state index in [4.69, 9.17) is 0 Å². The van der Waals surface area contributed by atoms with Crippen LogP contribution < -0.4 is 4.90 Å². The van der Waals surface area contributed by atoms with Gasteiger partial charge in [0.05, 0.1) is 5.69 Å². The topological polar surface area (TPSA) is 3.24 Å². The van der Waals surface area contributed by atoms with Crippen molar-refractivity contribution in [2.75, 3.05) is 4.90 Å². The van der Waals surface area contributed by atoms with Crippen LogP contribution in [0.2, 0.25) is 0 Å². The molecule has 1 heterocycles. The van der Waals surface area contributed by atoms with Crippen molar-refractivity contribution < 1.29 is 0 Å². The Morgan fingerprint density at radius 2 is 0.796 bits per heavy atom. The zero-order valence-corrected chi connectivity index (χ0v) is 30.4. The Morgan fingerprint density at radius 3 is 1.48 bits per heavy atom. The SMILES string of the molecule is c1ccc(-c2ccc(N(c3ccc(-c4ccc5cc(-c6ccccc6-c6ccccc6)ccc5c4)cc3)c3cccc4sc5ccccc5c34)cc2)cc1. The summed E-state index contributed by atoms with van der Waals surface area (Å²) >= 11 is 1.86. The van der Waals surface area contributed by atoms with Crippen LogP contribution in [0.25, 0.3) is 75.5 Å². The van der Waals surface area contributed by atoms with E-state index in [9.17, 15) is 0 Å². The van der Waals surface area contributed by atoms with E-state index in [1.165, 1.54) is 81.1 Å². The van der Waals surface area contributed by atoms with Crippen LogP contribution in [0, 0.1) is 0 Å². The first-order valence-corrected chi connectivity index (χ1v) is 19.2. The van der Waals surface area contributed by atoms with Crippen molar-refractivity contribution in [3.63, 3.8) is 0 Å². The highest BCUT2D eigenvalue weighted by atomic mass is 32.1. The lowest BCUT2D eigenvalue weighted by atomic mass is 9.92. The third-order valence-corrected chi connectivity index (χ3v) is 11.6. The third kappa shape index (κ3) is 5.84. The number of fused-ring (bicyclic) bond motifs is 4. The predicted octanol–water partition coefficient (Wildman–Crippen LogP) is 15.3. The van der Waals surface area contributed by atoms with Gasteiger partial charge in [0.2, 0.25) is 0 Å². The Balaban J connectivity index is 1.02. The Bertz CT molecular complexity index is 2910. The van der Waals surface area contributed by atoms with Crippen molar-refractivity contribution in [3.8, 4) is 44.5 Å². The van der Waals surface area contributed by atoms with Crippen molar-refractivity contribution in [1.29, 1.82) is 0 Å². The van der Waals surface area contributed by atoms with Gasteiger partial charge in [0.25, 0.3) is 0 Å². The van der Waals surface area contributed by atoms with E-state index in [-0.39, 0.29) is 0 Å². The molecule has 0 saturated carbocycles. The van der Waals surface area contributed by atoms with Crippen LogP contribution in [0.5, 0.6) is 0 Å². The Kier molecular flexibility index (Phi) is 8.09. The van der Waals surface area contributed by atoms with Gasteiger partial charge in [-0.2, -0.15) is 0 Å². The summed E-state index contributed by atoms with van der Waals surface area (Å²) in [7, 11) is 0. The van der Waals surface area contributed by atoms with Crippen LogP contribution in [-0.4, -0.2) is 0 Å². The molecule has 0 N–H and O–H groups in total. The van der Waals surface area contributed by atoms with Gasteiger partial charge in [-0.1, -0.05) is 158 Å². The summed E-state index contributed by atoms with van der Waals surface area (Å²) in [5, 5.41) is 5.04. The molecule has 9 aromatic carbocycles. The van der Waals surface area contributed by atoms with Gasteiger partial charge in [-0.3, -0.25) is 0 Å². The maximum Gasteiger partial charge on any atom is 0.0554 e. The number of hydrogen-bond donors (Lipinski definition) is 0. The summed E-state index contributed by atoms with van der Waals surface area (Å²) in [5.74, 6) is 0. The van der Waals surface area contributed by atoms with E-state index in [1.807, 2.05) is 11.3 Å². The fourth-order valence-electron chi connectivity index (χ4n) is 7.80. The standard InChI is InChI=1S/C52H35NS/c1-3-12-36(13-4-1)37-26-30-44(31-27-37)53(49-19-11-21-51-52(49)48-18-9-10-20-50(48)54-51)45-32-28-38(29-33-45)40-22-23-42-35-43(25-24-41(42)34-40)47-17-8-7-16-46(47)39-14-5-2-6-15-39/h1-35H. The molecule has 0 radical (unpaired) electrons. The van der Waals surface area contributed by atoms with Crippen LogP contribution in [0.4, 0.5) is 17.1 Å². The molecule has 0 unspecified atom stereocenters. The van der Waals surface area contributed by atoms with Crippen LogP contribution in [0.1, 0.15) is 0 Å². The van der Waals surface area contributed by atoms with Crippen molar-refractivity contribution in [2.24, 2.45) is 0 Å². The maximum absolute atomic E-state index is 2.41. The van der Waals surface area contributed by atoms with Crippen LogP contribution in [0.3, 0.4) is 0 Å².